The van der Waals surface area contributed by atoms with Crippen LogP contribution in [0.15, 0.2) is 24.3 Å². The number of hydrogen-bond acceptors (Lipinski definition) is 3. The summed E-state index contributed by atoms with van der Waals surface area (Å²) < 4.78 is 43.1. The standard InChI is InChI=1S/C7H7FO3S/c8-7-3-1-2-6(4-7)5-12(9,10)11/h1-4H,5H2,(H,9,10,11)/p-1. The summed E-state index contributed by atoms with van der Waals surface area (Å²) in [6.45, 7) is 0. The minimum Gasteiger partial charge on any atom is -0.748 e. The molecule has 0 radical (unpaired) electrons. The molecule has 0 N–H and O–H groups in total. The minimum absolute atomic E-state index is 0.171. The van der Waals surface area contributed by atoms with Gasteiger partial charge in [-0.25, -0.2) is 12.8 Å². The van der Waals surface area contributed by atoms with Gasteiger partial charge in [0.25, 0.3) is 0 Å². The molecular formula is C7H6FO3S-. The van der Waals surface area contributed by atoms with E-state index < -0.39 is 21.7 Å². The van der Waals surface area contributed by atoms with Crippen molar-refractivity contribution in [3.63, 3.8) is 0 Å². The topological polar surface area (TPSA) is 57.2 Å². The van der Waals surface area contributed by atoms with Crippen LogP contribution in [0.4, 0.5) is 4.39 Å². The van der Waals surface area contributed by atoms with Gasteiger partial charge in [-0.3, -0.25) is 0 Å². The molecule has 0 unspecified atom stereocenters. The van der Waals surface area contributed by atoms with E-state index >= 15 is 0 Å². The van der Waals surface area contributed by atoms with Crippen molar-refractivity contribution < 1.29 is 17.4 Å². The van der Waals surface area contributed by atoms with Gasteiger partial charge in [-0.2, -0.15) is 0 Å². The predicted molar refractivity (Wildman–Crippen MR) is 39.8 cm³/mol. The summed E-state index contributed by atoms with van der Waals surface area (Å²) in [5.41, 5.74) is 0.171. The molecule has 1 rings (SSSR count). The quantitative estimate of drug-likeness (QED) is 0.648. The molecule has 12 heavy (non-hydrogen) atoms. The van der Waals surface area contributed by atoms with Crippen LogP contribution < -0.4 is 0 Å². The average molecular weight is 189 g/mol. The van der Waals surface area contributed by atoms with E-state index in [1.165, 1.54) is 18.2 Å². The molecule has 0 bridgehead atoms. The third-order valence-corrected chi connectivity index (χ3v) is 1.92. The Bertz CT molecular complexity index is 372. The summed E-state index contributed by atoms with van der Waals surface area (Å²) in [6.07, 6.45) is 0. The molecule has 66 valence electrons. The molecule has 3 nitrogen and oxygen atoms in total. The van der Waals surface area contributed by atoms with Crippen LogP contribution in [0.2, 0.25) is 0 Å². The fourth-order valence-electron chi connectivity index (χ4n) is 0.831. The predicted octanol–water partition coefficient (Wildman–Crippen LogP) is 0.871. The lowest BCUT2D eigenvalue weighted by atomic mass is 10.2. The van der Waals surface area contributed by atoms with Crippen LogP contribution in [0.1, 0.15) is 5.56 Å². The molecular weight excluding hydrogens is 183 g/mol. The van der Waals surface area contributed by atoms with Crippen LogP contribution in [0.3, 0.4) is 0 Å². The largest absolute Gasteiger partial charge is 0.748 e. The first-order valence-electron chi connectivity index (χ1n) is 3.15. The molecule has 5 heteroatoms. The van der Waals surface area contributed by atoms with E-state index in [9.17, 15) is 17.4 Å². The summed E-state index contributed by atoms with van der Waals surface area (Å²) >= 11 is 0. The van der Waals surface area contributed by atoms with Gasteiger partial charge in [0.15, 0.2) is 0 Å². The molecule has 0 heterocycles. The van der Waals surface area contributed by atoms with Gasteiger partial charge in [0.1, 0.15) is 5.82 Å². The lowest BCUT2D eigenvalue weighted by Gasteiger charge is -2.05. The van der Waals surface area contributed by atoms with Gasteiger partial charge in [0.05, 0.1) is 15.9 Å². The molecule has 0 aromatic heterocycles. The third-order valence-electron chi connectivity index (χ3n) is 1.23. The summed E-state index contributed by atoms with van der Waals surface area (Å²) in [4.78, 5) is 0. The van der Waals surface area contributed by atoms with Crippen molar-refractivity contribution in [2.45, 2.75) is 5.75 Å². The first-order chi connectivity index (χ1) is 5.47. The van der Waals surface area contributed by atoms with Gasteiger partial charge in [-0.1, -0.05) is 12.1 Å². The maximum Gasteiger partial charge on any atom is 0.123 e. The zero-order chi connectivity index (χ0) is 9.19. The van der Waals surface area contributed by atoms with E-state index in [0.717, 1.165) is 6.07 Å². The van der Waals surface area contributed by atoms with E-state index in [4.69, 9.17) is 0 Å². The van der Waals surface area contributed by atoms with Gasteiger partial charge in [0, 0.05) is 0 Å². The SMILES string of the molecule is O=S(=O)([O-])Cc1cccc(F)c1. The fourth-order valence-corrected chi connectivity index (χ4v) is 1.42. The second-order valence-corrected chi connectivity index (χ2v) is 3.74. The van der Waals surface area contributed by atoms with Crippen LogP contribution in [0, 0.1) is 5.82 Å². The molecule has 0 saturated heterocycles. The summed E-state index contributed by atoms with van der Waals surface area (Å²) in [5.74, 6) is -1.21. The second kappa shape index (κ2) is 3.20. The average Bonchev–Trinajstić information content (AvgIpc) is 1.82. The number of halogens is 1. The number of benzene rings is 1. The smallest absolute Gasteiger partial charge is 0.123 e. The molecule has 0 spiro atoms. The minimum atomic E-state index is -4.31. The summed E-state index contributed by atoms with van der Waals surface area (Å²) in [6, 6.07) is 4.95. The summed E-state index contributed by atoms with van der Waals surface area (Å²) in [5, 5.41) is 0. The fraction of sp³-hybridized carbons (Fsp3) is 0.143. The first kappa shape index (κ1) is 9.15. The Morgan fingerprint density at radius 3 is 2.58 bits per heavy atom. The van der Waals surface area contributed by atoms with Gasteiger partial charge < -0.3 is 4.55 Å². The molecule has 0 atom stereocenters. The van der Waals surface area contributed by atoms with E-state index in [2.05, 4.69) is 0 Å². The van der Waals surface area contributed by atoms with Crippen LogP contribution >= 0.6 is 0 Å². The lowest BCUT2D eigenvalue weighted by Crippen LogP contribution is -2.01. The molecule has 0 amide bonds. The van der Waals surface area contributed by atoms with Gasteiger partial charge >= 0.3 is 0 Å². The molecule has 1 aromatic carbocycles. The Kier molecular flexibility index (Phi) is 2.44. The highest BCUT2D eigenvalue weighted by Crippen LogP contribution is 2.06. The zero-order valence-corrected chi connectivity index (χ0v) is 6.84. The molecule has 0 aliphatic heterocycles. The maximum atomic E-state index is 12.4. The van der Waals surface area contributed by atoms with Crippen LogP contribution in [0.5, 0.6) is 0 Å². The van der Waals surface area contributed by atoms with Crippen LogP contribution in [-0.4, -0.2) is 13.0 Å². The Hall–Kier alpha value is -0.940. The highest BCUT2D eigenvalue weighted by atomic mass is 32.2. The van der Waals surface area contributed by atoms with E-state index in [1.807, 2.05) is 0 Å². The number of rotatable bonds is 2. The first-order valence-corrected chi connectivity index (χ1v) is 4.73. The monoisotopic (exact) mass is 189 g/mol. The van der Waals surface area contributed by atoms with E-state index in [-0.39, 0.29) is 5.56 Å². The molecule has 0 saturated carbocycles. The van der Waals surface area contributed by atoms with Crippen molar-refractivity contribution in [1.29, 1.82) is 0 Å². The van der Waals surface area contributed by atoms with Gasteiger partial charge in [-0.05, 0) is 17.7 Å². The van der Waals surface area contributed by atoms with E-state index in [0.29, 0.717) is 0 Å². The van der Waals surface area contributed by atoms with E-state index in [1.54, 1.807) is 0 Å². The normalized spacial score (nSPS) is 11.5. The Balaban J connectivity index is 2.91. The van der Waals surface area contributed by atoms with Gasteiger partial charge in [-0.15, -0.1) is 0 Å². The molecule has 0 fully saturated rings. The van der Waals surface area contributed by atoms with Crippen molar-refractivity contribution in [2.24, 2.45) is 0 Å². The lowest BCUT2D eigenvalue weighted by molar-refractivity contribution is 0.462. The molecule has 1 aromatic rings. The maximum absolute atomic E-state index is 12.4. The molecule has 0 aliphatic rings. The zero-order valence-electron chi connectivity index (χ0n) is 6.03. The second-order valence-electron chi connectivity index (χ2n) is 2.33. The Morgan fingerprint density at radius 1 is 1.42 bits per heavy atom. The molecule has 0 aliphatic carbocycles. The number of hydrogen-bond donors (Lipinski definition) is 0. The van der Waals surface area contributed by atoms with Gasteiger partial charge in [0.2, 0.25) is 0 Å². The van der Waals surface area contributed by atoms with Crippen molar-refractivity contribution in [3.05, 3.63) is 35.6 Å². The van der Waals surface area contributed by atoms with Crippen molar-refractivity contribution >= 4 is 10.1 Å². The van der Waals surface area contributed by atoms with Crippen molar-refractivity contribution in [3.8, 4) is 0 Å². The van der Waals surface area contributed by atoms with Crippen LogP contribution in [-0.2, 0) is 15.9 Å². The van der Waals surface area contributed by atoms with Crippen molar-refractivity contribution in [1.82, 2.24) is 0 Å². The summed E-state index contributed by atoms with van der Waals surface area (Å²) in [7, 11) is -4.31. The van der Waals surface area contributed by atoms with Crippen LogP contribution in [0.25, 0.3) is 0 Å². The Labute approximate surface area is 69.6 Å². The Morgan fingerprint density at radius 2 is 2.08 bits per heavy atom. The highest BCUT2D eigenvalue weighted by Gasteiger charge is 1.99. The third kappa shape index (κ3) is 2.98. The highest BCUT2D eigenvalue weighted by molar-refractivity contribution is 7.84. The van der Waals surface area contributed by atoms with Crippen molar-refractivity contribution in [2.75, 3.05) is 0 Å².